The number of carbonyl (C=O) groups excluding carboxylic acids is 1. The Labute approximate surface area is 118 Å². The van der Waals surface area contributed by atoms with Crippen molar-refractivity contribution in [3.8, 4) is 5.75 Å². The Balaban J connectivity index is 1.70. The van der Waals surface area contributed by atoms with E-state index in [4.69, 9.17) is 9.47 Å². The first-order chi connectivity index (χ1) is 9.66. The zero-order valence-electron chi connectivity index (χ0n) is 11.7. The molecule has 0 aromatic heterocycles. The van der Waals surface area contributed by atoms with Gasteiger partial charge in [0, 0.05) is 26.1 Å². The SMILES string of the molecule is CN(C[C@H]1CCOC1)C(=O)CCOc1ccccc1F. The lowest BCUT2D eigenvalue weighted by Crippen LogP contribution is -2.32. The molecule has 2 rings (SSSR count). The summed E-state index contributed by atoms with van der Waals surface area (Å²) in [7, 11) is 1.78. The van der Waals surface area contributed by atoms with Gasteiger partial charge in [-0.25, -0.2) is 4.39 Å². The van der Waals surface area contributed by atoms with Crippen molar-refractivity contribution in [2.45, 2.75) is 12.8 Å². The number of nitrogens with zero attached hydrogens (tertiary/aromatic N) is 1. The van der Waals surface area contributed by atoms with Crippen LogP contribution in [-0.4, -0.2) is 44.2 Å². The quantitative estimate of drug-likeness (QED) is 0.801. The van der Waals surface area contributed by atoms with Crippen molar-refractivity contribution in [2.75, 3.05) is 33.4 Å². The summed E-state index contributed by atoms with van der Waals surface area (Å²) < 4.78 is 23.9. The Hall–Kier alpha value is -1.62. The highest BCUT2D eigenvalue weighted by atomic mass is 19.1. The first-order valence-electron chi connectivity index (χ1n) is 6.86. The molecule has 1 aromatic carbocycles. The second-order valence-corrected chi connectivity index (χ2v) is 5.03. The second kappa shape index (κ2) is 7.24. The van der Waals surface area contributed by atoms with E-state index in [1.54, 1.807) is 30.1 Å². The minimum absolute atomic E-state index is 0.00763. The fourth-order valence-electron chi connectivity index (χ4n) is 2.22. The van der Waals surface area contributed by atoms with E-state index in [0.29, 0.717) is 12.5 Å². The summed E-state index contributed by atoms with van der Waals surface area (Å²) in [5.41, 5.74) is 0. The molecular formula is C15H20FNO3. The summed E-state index contributed by atoms with van der Waals surface area (Å²) >= 11 is 0. The van der Waals surface area contributed by atoms with Gasteiger partial charge in [-0.05, 0) is 18.6 Å². The Morgan fingerprint density at radius 3 is 3.00 bits per heavy atom. The van der Waals surface area contributed by atoms with Crippen LogP contribution in [0.25, 0.3) is 0 Å². The lowest BCUT2D eigenvalue weighted by molar-refractivity contribution is -0.131. The molecule has 0 spiro atoms. The maximum absolute atomic E-state index is 13.3. The van der Waals surface area contributed by atoms with Gasteiger partial charge in [0.1, 0.15) is 0 Å². The molecule has 1 saturated heterocycles. The van der Waals surface area contributed by atoms with E-state index in [0.717, 1.165) is 19.6 Å². The number of amides is 1. The molecule has 1 atom stereocenters. The van der Waals surface area contributed by atoms with Crippen LogP contribution < -0.4 is 4.74 Å². The van der Waals surface area contributed by atoms with Crippen LogP contribution in [0.1, 0.15) is 12.8 Å². The van der Waals surface area contributed by atoms with E-state index >= 15 is 0 Å². The van der Waals surface area contributed by atoms with E-state index in [2.05, 4.69) is 0 Å². The van der Waals surface area contributed by atoms with Gasteiger partial charge < -0.3 is 14.4 Å². The van der Waals surface area contributed by atoms with Gasteiger partial charge >= 0.3 is 0 Å². The van der Waals surface area contributed by atoms with Crippen molar-refractivity contribution in [3.63, 3.8) is 0 Å². The van der Waals surface area contributed by atoms with Gasteiger partial charge in [0.2, 0.25) is 5.91 Å². The van der Waals surface area contributed by atoms with Gasteiger partial charge in [0.25, 0.3) is 0 Å². The van der Waals surface area contributed by atoms with Crippen molar-refractivity contribution >= 4 is 5.91 Å². The predicted molar refractivity (Wildman–Crippen MR) is 73.1 cm³/mol. The van der Waals surface area contributed by atoms with Gasteiger partial charge in [-0.3, -0.25) is 4.79 Å². The molecule has 110 valence electrons. The number of rotatable bonds is 6. The predicted octanol–water partition coefficient (Wildman–Crippen LogP) is 2.09. The highest BCUT2D eigenvalue weighted by molar-refractivity contribution is 5.76. The van der Waals surface area contributed by atoms with Gasteiger partial charge in [-0.1, -0.05) is 12.1 Å². The summed E-state index contributed by atoms with van der Waals surface area (Å²) in [6.45, 7) is 2.40. The summed E-state index contributed by atoms with van der Waals surface area (Å²) in [6.07, 6.45) is 1.25. The van der Waals surface area contributed by atoms with Gasteiger partial charge in [0.15, 0.2) is 11.6 Å². The maximum atomic E-state index is 13.3. The van der Waals surface area contributed by atoms with E-state index < -0.39 is 5.82 Å². The number of para-hydroxylation sites is 1. The molecule has 0 saturated carbocycles. The summed E-state index contributed by atoms with van der Waals surface area (Å²) in [5.74, 6) is 0.216. The number of hydrogen-bond donors (Lipinski definition) is 0. The third kappa shape index (κ3) is 4.20. The van der Waals surface area contributed by atoms with Crippen molar-refractivity contribution in [3.05, 3.63) is 30.1 Å². The van der Waals surface area contributed by atoms with E-state index in [9.17, 15) is 9.18 Å². The average molecular weight is 281 g/mol. The third-order valence-corrected chi connectivity index (χ3v) is 3.39. The van der Waals surface area contributed by atoms with Gasteiger partial charge in [-0.2, -0.15) is 0 Å². The van der Waals surface area contributed by atoms with Crippen LogP contribution in [-0.2, 0) is 9.53 Å². The molecule has 4 nitrogen and oxygen atoms in total. The molecule has 0 aliphatic carbocycles. The van der Waals surface area contributed by atoms with Crippen LogP contribution >= 0.6 is 0 Å². The van der Waals surface area contributed by atoms with E-state index in [-0.39, 0.29) is 24.7 Å². The monoisotopic (exact) mass is 281 g/mol. The summed E-state index contributed by atoms with van der Waals surface area (Å²) in [5, 5.41) is 0. The normalized spacial score (nSPS) is 18.0. The van der Waals surface area contributed by atoms with Crippen LogP contribution in [0.5, 0.6) is 5.75 Å². The standard InChI is InChI=1S/C15H20FNO3/c1-17(10-12-6-8-19-11-12)15(18)7-9-20-14-5-3-2-4-13(14)16/h2-5,12H,6-11H2,1H3/t12-/m1/s1. The largest absolute Gasteiger partial charge is 0.490 e. The van der Waals surface area contributed by atoms with Crippen LogP contribution in [0, 0.1) is 11.7 Å². The van der Waals surface area contributed by atoms with Gasteiger partial charge in [0.05, 0.1) is 19.6 Å². The topological polar surface area (TPSA) is 38.8 Å². The first-order valence-corrected chi connectivity index (χ1v) is 6.86. The van der Waals surface area contributed by atoms with Crippen molar-refractivity contribution < 1.29 is 18.7 Å². The molecule has 0 radical (unpaired) electrons. The Morgan fingerprint density at radius 1 is 1.50 bits per heavy atom. The number of benzene rings is 1. The van der Waals surface area contributed by atoms with Crippen LogP contribution in [0.2, 0.25) is 0 Å². The highest BCUT2D eigenvalue weighted by Gasteiger charge is 2.19. The van der Waals surface area contributed by atoms with E-state index in [1.807, 2.05) is 0 Å². The van der Waals surface area contributed by atoms with Crippen LogP contribution in [0.15, 0.2) is 24.3 Å². The molecule has 1 amide bonds. The fourth-order valence-corrected chi connectivity index (χ4v) is 2.22. The highest BCUT2D eigenvalue weighted by Crippen LogP contribution is 2.16. The summed E-state index contributed by atoms with van der Waals surface area (Å²) in [4.78, 5) is 13.6. The Bertz CT molecular complexity index is 446. The molecule has 1 aliphatic rings. The Kier molecular flexibility index (Phi) is 5.35. The summed E-state index contributed by atoms with van der Waals surface area (Å²) in [6, 6.07) is 6.19. The second-order valence-electron chi connectivity index (χ2n) is 5.03. The minimum Gasteiger partial charge on any atom is -0.490 e. The molecule has 5 heteroatoms. The maximum Gasteiger partial charge on any atom is 0.225 e. The third-order valence-electron chi connectivity index (χ3n) is 3.39. The van der Waals surface area contributed by atoms with Crippen molar-refractivity contribution in [1.82, 2.24) is 4.90 Å². The fraction of sp³-hybridized carbons (Fsp3) is 0.533. The minimum atomic E-state index is -0.406. The number of carbonyl (C=O) groups is 1. The van der Waals surface area contributed by atoms with E-state index in [1.165, 1.54) is 6.07 Å². The number of ether oxygens (including phenoxy) is 2. The van der Waals surface area contributed by atoms with Gasteiger partial charge in [-0.15, -0.1) is 0 Å². The molecule has 20 heavy (non-hydrogen) atoms. The molecule has 0 unspecified atom stereocenters. The molecule has 1 aromatic rings. The van der Waals surface area contributed by atoms with Crippen LogP contribution in [0.4, 0.5) is 4.39 Å². The zero-order chi connectivity index (χ0) is 14.4. The Morgan fingerprint density at radius 2 is 2.30 bits per heavy atom. The lowest BCUT2D eigenvalue weighted by Gasteiger charge is -2.20. The first kappa shape index (κ1) is 14.8. The van der Waals surface area contributed by atoms with Crippen molar-refractivity contribution in [2.24, 2.45) is 5.92 Å². The van der Waals surface area contributed by atoms with Crippen LogP contribution in [0.3, 0.4) is 0 Å². The molecule has 0 bridgehead atoms. The van der Waals surface area contributed by atoms with Crippen molar-refractivity contribution in [1.29, 1.82) is 0 Å². The molecular weight excluding hydrogens is 261 g/mol. The molecule has 1 aliphatic heterocycles. The zero-order valence-corrected chi connectivity index (χ0v) is 11.7. The lowest BCUT2D eigenvalue weighted by atomic mass is 10.1. The molecule has 1 heterocycles. The molecule has 1 fully saturated rings. The average Bonchev–Trinajstić information content (AvgIpc) is 2.93. The molecule has 0 N–H and O–H groups in total. The smallest absolute Gasteiger partial charge is 0.225 e. The number of halogens is 1. The number of hydrogen-bond acceptors (Lipinski definition) is 3.